The molecule has 0 aliphatic heterocycles. The topological polar surface area (TPSA) is 58.4 Å². The normalized spacial score (nSPS) is 12.3. The summed E-state index contributed by atoms with van der Waals surface area (Å²) >= 11 is 0. The van der Waals surface area contributed by atoms with Crippen LogP contribution in [0.5, 0.6) is 0 Å². The number of nitrogens with two attached hydrogens (primary N) is 1. The first-order valence-corrected chi connectivity index (χ1v) is 4.94. The van der Waals surface area contributed by atoms with Gasteiger partial charge in [-0.3, -0.25) is 5.43 Å². The quantitative estimate of drug-likeness (QED) is 0.389. The van der Waals surface area contributed by atoms with Crippen LogP contribution in [-0.2, 0) is 0 Å². The van der Waals surface area contributed by atoms with Crippen molar-refractivity contribution in [2.24, 2.45) is 5.84 Å². The van der Waals surface area contributed by atoms with Crippen LogP contribution in [0, 0.1) is 0 Å². The van der Waals surface area contributed by atoms with E-state index >= 15 is 0 Å². The average Bonchev–Trinajstić information content (AvgIpc) is 2.17. The van der Waals surface area contributed by atoms with Crippen molar-refractivity contribution in [2.75, 3.05) is 6.54 Å². The molecule has 0 aromatic carbocycles. The zero-order valence-corrected chi connectivity index (χ0v) is 8.84. The molecule has 78 valence electrons. The first kappa shape index (κ1) is 12.2. The molecule has 4 nitrogen and oxygen atoms in total. The minimum absolute atomic E-state index is 0.178. The molecule has 1 unspecified atom stereocenters. The summed E-state index contributed by atoms with van der Waals surface area (Å²) < 4.78 is 0. The molecule has 0 fully saturated rings. The molecule has 4 heteroatoms. The molecular weight excluding hydrogens is 166 g/mol. The van der Waals surface area contributed by atoms with Gasteiger partial charge in [0.15, 0.2) is 0 Å². The van der Waals surface area contributed by atoms with Crippen LogP contribution in [0.15, 0.2) is 0 Å². The van der Waals surface area contributed by atoms with Crippen LogP contribution in [0.1, 0.15) is 40.0 Å². The molecule has 2 amide bonds. The molecule has 3 N–H and O–H groups in total. The van der Waals surface area contributed by atoms with Crippen LogP contribution < -0.4 is 11.3 Å². The average molecular weight is 187 g/mol. The Bertz CT molecular complexity index is 150. The number of hydrazine groups is 1. The first-order valence-electron chi connectivity index (χ1n) is 4.94. The highest BCUT2D eigenvalue weighted by atomic mass is 16.2. The van der Waals surface area contributed by atoms with Gasteiger partial charge >= 0.3 is 6.03 Å². The van der Waals surface area contributed by atoms with Gasteiger partial charge in [0.1, 0.15) is 0 Å². The highest BCUT2D eigenvalue weighted by Gasteiger charge is 2.16. The third kappa shape index (κ3) is 4.12. The summed E-state index contributed by atoms with van der Waals surface area (Å²) in [5.74, 6) is 5.10. The fourth-order valence-electron chi connectivity index (χ4n) is 1.15. The molecule has 0 rings (SSSR count). The Morgan fingerprint density at radius 2 is 2.15 bits per heavy atom. The standard InChI is InChI=1S/C9H21N3O/c1-4-6-7-12(8(3)5-2)9(13)11-10/h8H,4-7,10H2,1-3H3,(H,11,13). The highest BCUT2D eigenvalue weighted by Crippen LogP contribution is 2.05. The zero-order valence-electron chi connectivity index (χ0n) is 8.84. The number of urea groups is 1. The molecule has 0 spiro atoms. The van der Waals surface area contributed by atoms with Gasteiger partial charge in [0.2, 0.25) is 0 Å². The number of nitrogens with one attached hydrogen (secondary N) is 1. The fourth-order valence-corrected chi connectivity index (χ4v) is 1.15. The molecule has 0 heterocycles. The SMILES string of the molecule is CCCCN(C(=O)NN)C(C)CC. The molecule has 1 atom stereocenters. The lowest BCUT2D eigenvalue weighted by molar-refractivity contribution is 0.176. The van der Waals surface area contributed by atoms with Crippen molar-refractivity contribution in [3.63, 3.8) is 0 Å². The number of carbonyl (C=O) groups is 1. The predicted molar refractivity (Wildman–Crippen MR) is 54.1 cm³/mol. The van der Waals surface area contributed by atoms with Gasteiger partial charge in [-0.15, -0.1) is 0 Å². The lowest BCUT2D eigenvalue weighted by atomic mass is 10.2. The van der Waals surface area contributed by atoms with E-state index in [9.17, 15) is 4.79 Å². The molecule has 0 aliphatic carbocycles. The van der Waals surface area contributed by atoms with Gasteiger partial charge in [-0.05, 0) is 19.8 Å². The lowest BCUT2D eigenvalue weighted by Gasteiger charge is -2.27. The molecule has 0 bridgehead atoms. The number of unbranched alkanes of at least 4 members (excludes halogenated alkanes) is 1. The minimum Gasteiger partial charge on any atom is -0.321 e. The second-order valence-electron chi connectivity index (χ2n) is 3.25. The molecule has 0 aromatic rings. The van der Waals surface area contributed by atoms with E-state index < -0.39 is 0 Å². The largest absolute Gasteiger partial charge is 0.331 e. The van der Waals surface area contributed by atoms with Gasteiger partial charge in [0.25, 0.3) is 0 Å². The van der Waals surface area contributed by atoms with Crippen LogP contribution in [0.25, 0.3) is 0 Å². The Hall–Kier alpha value is -0.770. The van der Waals surface area contributed by atoms with Gasteiger partial charge in [-0.1, -0.05) is 20.3 Å². The molecule has 0 aliphatic rings. The second-order valence-corrected chi connectivity index (χ2v) is 3.25. The summed E-state index contributed by atoms with van der Waals surface area (Å²) in [7, 11) is 0. The van der Waals surface area contributed by atoms with Gasteiger partial charge in [-0.25, -0.2) is 10.6 Å². The number of nitrogens with zero attached hydrogens (tertiary/aromatic N) is 1. The summed E-state index contributed by atoms with van der Waals surface area (Å²) in [5, 5.41) is 0. The van der Waals surface area contributed by atoms with E-state index in [-0.39, 0.29) is 12.1 Å². The summed E-state index contributed by atoms with van der Waals surface area (Å²) in [4.78, 5) is 13.1. The van der Waals surface area contributed by atoms with Crippen molar-refractivity contribution in [3.8, 4) is 0 Å². The number of hydrogen-bond acceptors (Lipinski definition) is 2. The Labute approximate surface area is 80.4 Å². The Morgan fingerprint density at radius 3 is 2.54 bits per heavy atom. The van der Waals surface area contributed by atoms with E-state index in [1.807, 2.05) is 6.92 Å². The Morgan fingerprint density at radius 1 is 1.54 bits per heavy atom. The smallest absolute Gasteiger partial charge is 0.321 e. The van der Waals surface area contributed by atoms with E-state index in [1.54, 1.807) is 4.90 Å². The monoisotopic (exact) mass is 187 g/mol. The van der Waals surface area contributed by atoms with Crippen LogP contribution >= 0.6 is 0 Å². The van der Waals surface area contributed by atoms with Crippen molar-refractivity contribution in [1.29, 1.82) is 0 Å². The molecule has 0 saturated carbocycles. The first-order chi connectivity index (χ1) is 6.17. The summed E-state index contributed by atoms with van der Waals surface area (Å²) in [6, 6.07) is 0.0814. The van der Waals surface area contributed by atoms with E-state index in [2.05, 4.69) is 19.3 Å². The maximum atomic E-state index is 11.3. The zero-order chi connectivity index (χ0) is 10.3. The van der Waals surface area contributed by atoms with Crippen LogP contribution in [0.2, 0.25) is 0 Å². The Balaban J connectivity index is 4.09. The van der Waals surface area contributed by atoms with Crippen LogP contribution in [-0.4, -0.2) is 23.5 Å². The number of rotatable bonds is 5. The maximum Gasteiger partial charge on any atom is 0.331 e. The third-order valence-corrected chi connectivity index (χ3v) is 2.26. The molecule has 13 heavy (non-hydrogen) atoms. The van der Waals surface area contributed by atoms with Crippen LogP contribution in [0.4, 0.5) is 4.79 Å². The second kappa shape index (κ2) is 6.71. The minimum atomic E-state index is -0.178. The molecule has 0 radical (unpaired) electrons. The van der Waals surface area contributed by atoms with Gasteiger partial charge in [0, 0.05) is 12.6 Å². The number of hydrogen-bond donors (Lipinski definition) is 2. The number of carbonyl (C=O) groups excluding carboxylic acids is 1. The van der Waals surface area contributed by atoms with Crippen molar-refractivity contribution in [3.05, 3.63) is 0 Å². The van der Waals surface area contributed by atoms with E-state index in [1.165, 1.54) is 0 Å². The van der Waals surface area contributed by atoms with Gasteiger partial charge < -0.3 is 4.90 Å². The Kier molecular flexibility index (Phi) is 6.32. The van der Waals surface area contributed by atoms with Crippen molar-refractivity contribution >= 4 is 6.03 Å². The van der Waals surface area contributed by atoms with Crippen molar-refractivity contribution in [1.82, 2.24) is 10.3 Å². The summed E-state index contributed by atoms with van der Waals surface area (Å²) in [6.45, 7) is 6.99. The van der Waals surface area contributed by atoms with E-state index in [4.69, 9.17) is 5.84 Å². The third-order valence-electron chi connectivity index (χ3n) is 2.26. The number of amides is 2. The fraction of sp³-hybridized carbons (Fsp3) is 0.889. The molecule has 0 saturated heterocycles. The van der Waals surface area contributed by atoms with Gasteiger partial charge in [-0.2, -0.15) is 0 Å². The highest BCUT2D eigenvalue weighted by molar-refractivity contribution is 5.73. The maximum absolute atomic E-state index is 11.3. The van der Waals surface area contributed by atoms with Gasteiger partial charge in [0.05, 0.1) is 0 Å². The lowest BCUT2D eigenvalue weighted by Crippen LogP contribution is -2.47. The van der Waals surface area contributed by atoms with Crippen molar-refractivity contribution < 1.29 is 4.79 Å². The summed E-state index contributed by atoms with van der Waals surface area (Å²) in [5.41, 5.74) is 2.18. The predicted octanol–water partition coefficient (Wildman–Crippen LogP) is 1.47. The molecule has 0 aromatic heterocycles. The molecular formula is C9H21N3O. The summed E-state index contributed by atoms with van der Waals surface area (Å²) in [6.07, 6.45) is 3.07. The van der Waals surface area contributed by atoms with E-state index in [0.717, 1.165) is 25.8 Å². The van der Waals surface area contributed by atoms with Crippen molar-refractivity contribution in [2.45, 2.75) is 46.1 Å². The van der Waals surface area contributed by atoms with Crippen LogP contribution in [0.3, 0.4) is 0 Å². The van der Waals surface area contributed by atoms with E-state index in [0.29, 0.717) is 0 Å².